The first-order valence-electron chi connectivity index (χ1n) is 6.30. The minimum Gasteiger partial charge on any atom is -0.354 e. The molecular formula is C13H15N3O4. The van der Waals surface area contributed by atoms with E-state index in [1.165, 1.54) is 18.2 Å². The number of aryl methyl sites for hydroxylation is 1. The normalized spacial score (nSPS) is 18.2. The molecule has 0 spiro atoms. The summed E-state index contributed by atoms with van der Waals surface area (Å²) in [5.74, 6) is -0.291. The summed E-state index contributed by atoms with van der Waals surface area (Å²) in [6.07, 6.45) is 0.994. The van der Waals surface area contributed by atoms with Crippen molar-refractivity contribution in [1.82, 2.24) is 10.6 Å². The third-order valence-corrected chi connectivity index (χ3v) is 3.27. The van der Waals surface area contributed by atoms with Crippen LogP contribution < -0.4 is 10.6 Å². The van der Waals surface area contributed by atoms with Gasteiger partial charge in [0.25, 0.3) is 11.6 Å². The van der Waals surface area contributed by atoms with E-state index in [0.29, 0.717) is 30.5 Å². The second kappa shape index (κ2) is 5.68. The number of rotatable bonds is 3. The molecule has 1 aliphatic rings. The van der Waals surface area contributed by atoms with Crippen LogP contribution in [0.5, 0.6) is 0 Å². The maximum Gasteiger partial charge on any atom is 0.269 e. The number of nitrogens with zero attached hydrogens (tertiary/aromatic N) is 1. The van der Waals surface area contributed by atoms with Gasteiger partial charge in [-0.25, -0.2) is 0 Å². The number of nitro groups is 1. The van der Waals surface area contributed by atoms with E-state index in [-0.39, 0.29) is 23.5 Å². The van der Waals surface area contributed by atoms with Gasteiger partial charge in [-0.05, 0) is 25.0 Å². The van der Waals surface area contributed by atoms with Crippen molar-refractivity contribution in [2.24, 2.45) is 0 Å². The van der Waals surface area contributed by atoms with Gasteiger partial charge in [0.2, 0.25) is 5.91 Å². The summed E-state index contributed by atoms with van der Waals surface area (Å²) in [4.78, 5) is 33.3. The highest BCUT2D eigenvalue weighted by Gasteiger charge is 2.21. The van der Waals surface area contributed by atoms with E-state index in [1.807, 2.05) is 0 Å². The molecule has 1 aromatic rings. The molecule has 2 rings (SSSR count). The summed E-state index contributed by atoms with van der Waals surface area (Å²) in [6.45, 7) is 2.07. The summed E-state index contributed by atoms with van der Waals surface area (Å²) in [5.41, 5.74) is 0.924. The Morgan fingerprint density at radius 3 is 2.80 bits per heavy atom. The number of non-ortho nitro benzene ring substituents is 1. The minimum absolute atomic E-state index is 0.0120. The molecule has 1 aromatic carbocycles. The fraction of sp³-hybridized carbons (Fsp3) is 0.385. The highest BCUT2D eigenvalue weighted by atomic mass is 16.6. The number of nitrogens with one attached hydrogen (secondary N) is 2. The third-order valence-electron chi connectivity index (χ3n) is 3.27. The molecule has 0 aliphatic carbocycles. The lowest BCUT2D eigenvalue weighted by Crippen LogP contribution is -2.47. The van der Waals surface area contributed by atoms with E-state index in [1.54, 1.807) is 6.92 Å². The van der Waals surface area contributed by atoms with Gasteiger partial charge in [0.15, 0.2) is 0 Å². The maximum absolute atomic E-state index is 12.1. The van der Waals surface area contributed by atoms with E-state index >= 15 is 0 Å². The number of carbonyl (C=O) groups is 2. The van der Waals surface area contributed by atoms with Crippen LogP contribution in [0.1, 0.15) is 28.8 Å². The number of hydrogen-bond donors (Lipinski definition) is 2. The summed E-state index contributed by atoms with van der Waals surface area (Å²) >= 11 is 0. The van der Waals surface area contributed by atoms with Gasteiger partial charge in [-0.3, -0.25) is 19.7 Å². The Bertz CT molecular complexity index is 561. The van der Waals surface area contributed by atoms with E-state index in [2.05, 4.69) is 10.6 Å². The van der Waals surface area contributed by atoms with Crippen LogP contribution in [-0.2, 0) is 4.79 Å². The zero-order valence-corrected chi connectivity index (χ0v) is 11.0. The fourth-order valence-corrected chi connectivity index (χ4v) is 2.14. The Kier molecular flexibility index (Phi) is 3.97. The molecule has 1 heterocycles. The number of amides is 2. The van der Waals surface area contributed by atoms with Crippen molar-refractivity contribution in [3.05, 3.63) is 39.4 Å². The monoisotopic (exact) mass is 277 g/mol. The largest absolute Gasteiger partial charge is 0.354 e. The zero-order valence-electron chi connectivity index (χ0n) is 11.0. The summed E-state index contributed by atoms with van der Waals surface area (Å²) < 4.78 is 0. The van der Waals surface area contributed by atoms with Crippen LogP contribution in [0.4, 0.5) is 5.69 Å². The highest BCUT2D eigenvalue weighted by Crippen LogP contribution is 2.17. The number of piperidine rings is 1. The first-order valence-corrected chi connectivity index (χ1v) is 6.30. The van der Waals surface area contributed by atoms with Gasteiger partial charge in [0, 0.05) is 36.7 Å². The molecule has 1 aliphatic heterocycles. The smallest absolute Gasteiger partial charge is 0.269 e. The van der Waals surface area contributed by atoms with Crippen LogP contribution in [0.3, 0.4) is 0 Å². The van der Waals surface area contributed by atoms with Gasteiger partial charge in [-0.15, -0.1) is 0 Å². The van der Waals surface area contributed by atoms with E-state index < -0.39 is 4.92 Å². The maximum atomic E-state index is 12.1. The van der Waals surface area contributed by atoms with E-state index in [9.17, 15) is 19.7 Å². The van der Waals surface area contributed by atoms with Gasteiger partial charge in [0.1, 0.15) is 0 Å². The molecule has 7 heteroatoms. The second-order valence-electron chi connectivity index (χ2n) is 4.77. The van der Waals surface area contributed by atoms with Crippen LogP contribution in [0, 0.1) is 17.0 Å². The molecule has 106 valence electrons. The number of hydrogen-bond acceptors (Lipinski definition) is 4. The van der Waals surface area contributed by atoms with Crippen LogP contribution >= 0.6 is 0 Å². The lowest BCUT2D eigenvalue weighted by molar-refractivity contribution is -0.384. The van der Waals surface area contributed by atoms with E-state index in [0.717, 1.165) is 0 Å². The molecule has 1 fully saturated rings. The molecule has 1 atom stereocenters. The average molecular weight is 277 g/mol. The fourth-order valence-electron chi connectivity index (χ4n) is 2.14. The van der Waals surface area contributed by atoms with Gasteiger partial charge in [0.05, 0.1) is 4.92 Å². The van der Waals surface area contributed by atoms with Gasteiger partial charge >= 0.3 is 0 Å². The van der Waals surface area contributed by atoms with Crippen LogP contribution in [0.2, 0.25) is 0 Å². The summed E-state index contributed by atoms with van der Waals surface area (Å²) in [7, 11) is 0. The standard InChI is InChI=1S/C13H15N3O4/c1-8-6-10(16(19)20)3-4-11(8)13(18)15-9-2-5-12(17)14-7-9/h3-4,6,9H,2,5,7H2,1H3,(H,14,17)(H,15,18). The Morgan fingerprint density at radius 2 is 2.25 bits per heavy atom. The summed E-state index contributed by atoms with van der Waals surface area (Å²) in [5, 5.41) is 16.2. The van der Waals surface area contributed by atoms with Crippen LogP contribution in [-0.4, -0.2) is 29.3 Å². The van der Waals surface area contributed by atoms with Gasteiger partial charge < -0.3 is 10.6 Å². The SMILES string of the molecule is Cc1cc([N+](=O)[O-])ccc1C(=O)NC1CCC(=O)NC1. The Hall–Kier alpha value is -2.44. The lowest BCUT2D eigenvalue weighted by atomic mass is 10.0. The van der Waals surface area contributed by atoms with E-state index in [4.69, 9.17) is 0 Å². The molecule has 2 amide bonds. The molecule has 0 radical (unpaired) electrons. The quantitative estimate of drug-likeness (QED) is 0.633. The van der Waals surface area contributed by atoms with Crippen molar-refractivity contribution in [2.45, 2.75) is 25.8 Å². The molecular weight excluding hydrogens is 262 g/mol. The Morgan fingerprint density at radius 1 is 1.50 bits per heavy atom. The predicted molar refractivity (Wildman–Crippen MR) is 71.3 cm³/mol. The van der Waals surface area contributed by atoms with Gasteiger partial charge in [-0.1, -0.05) is 0 Å². The third kappa shape index (κ3) is 3.11. The number of carbonyl (C=O) groups excluding carboxylic acids is 2. The predicted octanol–water partition coefficient (Wildman–Crippen LogP) is 0.912. The van der Waals surface area contributed by atoms with Crippen LogP contribution in [0.25, 0.3) is 0 Å². The van der Waals surface area contributed by atoms with Crippen LogP contribution in [0.15, 0.2) is 18.2 Å². The van der Waals surface area contributed by atoms with Crippen molar-refractivity contribution in [2.75, 3.05) is 6.54 Å². The van der Waals surface area contributed by atoms with Crippen molar-refractivity contribution in [3.8, 4) is 0 Å². The molecule has 7 nitrogen and oxygen atoms in total. The number of benzene rings is 1. The van der Waals surface area contributed by atoms with Crippen molar-refractivity contribution in [3.63, 3.8) is 0 Å². The molecule has 1 saturated heterocycles. The Labute approximate surface area is 115 Å². The van der Waals surface area contributed by atoms with Crippen molar-refractivity contribution >= 4 is 17.5 Å². The average Bonchev–Trinajstić information content (AvgIpc) is 2.41. The topological polar surface area (TPSA) is 101 Å². The van der Waals surface area contributed by atoms with Gasteiger partial charge in [-0.2, -0.15) is 0 Å². The molecule has 2 N–H and O–H groups in total. The number of nitro benzene ring substituents is 1. The molecule has 1 unspecified atom stereocenters. The lowest BCUT2D eigenvalue weighted by Gasteiger charge is -2.23. The minimum atomic E-state index is -0.495. The zero-order chi connectivity index (χ0) is 14.7. The summed E-state index contributed by atoms with van der Waals surface area (Å²) in [6, 6.07) is 4.03. The second-order valence-corrected chi connectivity index (χ2v) is 4.77. The molecule has 0 saturated carbocycles. The van der Waals surface area contributed by atoms with Crippen molar-refractivity contribution in [1.29, 1.82) is 0 Å². The molecule has 0 aromatic heterocycles. The first-order chi connectivity index (χ1) is 9.47. The highest BCUT2D eigenvalue weighted by molar-refractivity contribution is 5.96. The molecule has 20 heavy (non-hydrogen) atoms. The van der Waals surface area contributed by atoms with Crippen molar-refractivity contribution < 1.29 is 14.5 Å². The first kappa shape index (κ1) is 14.0. The molecule has 0 bridgehead atoms. The Balaban J connectivity index is 2.06.